The molecule has 1 fully saturated rings. The van der Waals surface area contributed by atoms with E-state index in [2.05, 4.69) is 43.4 Å². The molecule has 2 rings (SSSR count). The van der Waals surface area contributed by atoms with Crippen molar-refractivity contribution in [2.45, 2.75) is 45.1 Å². The van der Waals surface area contributed by atoms with Crippen LogP contribution >= 0.6 is 0 Å². The molecule has 0 bridgehead atoms. The van der Waals surface area contributed by atoms with Gasteiger partial charge in [0.15, 0.2) is 0 Å². The summed E-state index contributed by atoms with van der Waals surface area (Å²) in [5, 5.41) is 5.69. The lowest BCUT2D eigenvalue weighted by atomic mass is 9.87. The Morgan fingerprint density at radius 1 is 1.12 bits per heavy atom. The molecule has 0 saturated carbocycles. The Morgan fingerprint density at radius 3 is 2.25 bits per heavy atom. The smallest absolute Gasteiger partial charge is 0.251 e. The minimum Gasteiger partial charge on any atom is -0.352 e. The minimum absolute atomic E-state index is 0.0200. The summed E-state index contributed by atoms with van der Waals surface area (Å²) < 4.78 is 0. The molecule has 1 aliphatic heterocycles. The fraction of sp³-hybridized carbons (Fsp3) is 0.579. The maximum Gasteiger partial charge on any atom is 0.251 e. The molecule has 5 heteroatoms. The van der Waals surface area contributed by atoms with Crippen molar-refractivity contribution < 1.29 is 9.59 Å². The van der Waals surface area contributed by atoms with Crippen molar-refractivity contribution >= 4 is 11.8 Å². The van der Waals surface area contributed by atoms with Gasteiger partial charge >= 0.3 is 0 Å². The minimum atomic E-state index is -0.214. The first-order valence-corrected chi connectivity index (χ1v) is 8.62. The van der Waals surface area contributed by atoms with E-state index in [0.717, 1.165) is 25.9 Å². The van der Waals surface area contributed by atoms with Gasteiger partial charge in [-0.25, -0.2) is 0 Å². The normalized spacial score (nSPS) is 16.7. The van der Waals surface area contributed by atoms with E-state index in [9.17, 15) is 9.59 Å². The van der Waals surface area contributed by atoms with Crippen LogP contribution in [0.3, 0.4) is 0 Å². The lowest BCUT2D eigenvalue weighted by Gasteiger charge is -2.29. The summed E-state index contributed by atoms with van der Waals surface area (Å²) in [6.45, 7) is 8.42. The molecule has 5 nitrogen and oxygen atoms in total. The van der Waals surface area contributed by atoms with Crippen LogP contribution in [0.25, 0.3) is 0 Å². The first-order valence-electron chi connectivity index (χ1n) is 8.62. The molecule has 0 atom stereocenters. The fourth-order valence-electron chi connectivity index (χ4n) is 2.82. The van der Waals surface area contributed by atoms with E-state index in [1.54, 1.807) is 0 Å². The van der Waals surface area contributed by atoms with Gasteiger partial charge in [-0.05, 0) is 56.1 Å². The van der Waals surface area contributed by atoms with E-state index in [-0.39, 0.29) is 29.8 Å². The second-order valence-electron chi connectivity index (χ2n) is 7.66. The maximum atomic E-state index is 12.1. The molecule has 0 radical (unpaired) electrons. The summed E-state index contributed by atoms with van der Waals surface area (Å²) in [6, 6.07) is 7.77. The van der Waals surface area contributed by atoms with E-state index in [1.165, 1.54) is 5.56 Å². The van der Waals surface area contributed by atoms with E-state index in [0.29, 0.717) is 5.56 Å². The third-order valence-corrected chi connectivity index (χ3v) is 4.51. The van der Waals surface area contributed by atoms with Crippen molar-refractivity contribution in [2.75, 3.05) is 26.7 Å². The number of carbonyl (C=O) groups excluding carboxylic acids is 2. The zero-order valence-electron chi connectivity index (χ0n) is 15.2. The highest BCUT2D eigenvalue weighted by Crippen LogP contribution is 2.22. The highest BCUT2D eigenvalue weighted by Gasteiger charge is 2.19. The van der Waals surface area contributed by atoms with Crippen molar-refractivity contribution in [3.05, 3.63) is 35.4 Å². The standard InChI is InChI=1S/C19H29N3O2/c1-19(2,3)15-7-5-14(6-8-15)18(24)20-13-17(23)21-16-9-11-22(4)12-10-16/h5-8,16H,9-13H2,1-4H3,(H,20,24)(H,21,23). The lowest BCUT2D eigenvalue weighted by molar-refractivity contribution is -0.121. The molecular weight excluding hydrogens is 302 g/mol. The average Bonchev–Trinajstić information content (AvgIpc) is 2.54. The van der Waals surface area contributed by atoms with Gasteiger partial charge in [0.25, 0.3) is 5.91 Å². The molecule has 1 heterocycles. The zero-order valence-corrected chi connectivity index (χ0v) is 15.2. The Labute approximate surface area is 144 Å². The Hall–Kier alpha value is -1.88. The van der Waals surface area contributed by atoms with Gasteiger partial charge in [-0.2, -0.15) is 0 Å². The number of hydrogen-bond donors (Lipinski definition) is 2. The summed E-state index contributed by atoms with van der Waals surface area (Å²) in [4.78, 5) is 26.4. The van der Waals surface area contributed by atoms with E-state index < -0.39 is 0 Å². The van der Waals surface area contributed by atoms with Crippen LogP contribution in [0, 0.1) is 0 Å². The van der Waals surface area contributed by atoms with Crippen LogP contribution in [0.15, 0.2) is 24.3 Å². The molecule has 24 heavy (non-hydrogen) atoms. The number of likely N-dealkylation sites (tertiary alicyclic amines) is 1. The number of nitrogens with one attached hydrogen (secondary N) is 2. The third-order valence-electron chi connectivity index (χ3n) is 4.51. The molecule has 1 aromatic rings. The summed E-state index contributed by atoms with van der Waals surface area (Å²) in [6.07, 6.45) is 1.93. The van der Waals surface area contributed by atoms with Gasteiger partial charge in [0.2, 0.25) is 5.91 Å². The van der Waals surface area contributed by atoms with Crippen LogP contribution in [-0.4, -0.2) is 49.4 Å². The van der Waals surface area contributed by atoms with Crippen LogP contribution < -0.4 is 10.6 Å². The molecule has 2 amide bonds. The Balaban J connectivity index is 1.79. The highest BCUT2D eigenvalue weighted by molar-refractivity contribution is 5.96. The van der Waals surface area contributed by atoms with Crippen LogP contribution in [0.4, 0.5) is 0 Å². The number of benzene rings is 1. The summed E-state index contributed by atoms with van der Waals surface area (Å²) in [5.41, 5.74) is 1.82. The average molecular weight is 331 g/mol. The van der Waals surface area contributed by atoms with Gasteiger partial charge in [-0.15, -0.1) is 0 Å². The van der Waals surface area contributed by atoms with E-state index in [4.69, 9.17) is 0 Å². The van der Waals surface area contributed by atoms with E-state index in [1.807, 2.05) is 24.3 Å². The Kier molecular flexibility index (Phi) is 5.99. The van der Waals surface area contributed by atoms with Gasteiger partial charge in [0.1, 0.15) is 0 Å². The topological polar surface area (TPSA) is 61.4 Å². The highest BCUT2D eigenvalue weighted by atomic mass is 16.2. The first-order chi connectivity index (χ1) is 11.3. The van der Waals surface area contributed by atoms with Crippen LogP contribution in [0.1, 0.15) is 49.5 Å². The van der Waals surface area contributed by atoms with Crippen LogP contribution in [0.2, 0.25) is 0 Å². The van der Waals surface area contributed by atoms with Gasteiger partial charge in [-0.3, -0.25) is 9.59 Å². The quantitative estimate of drug-likeness (QED) is 0.886. The number of rotatable bonds is 4. The predicted octanol–water partition coefficient (Wildman–Crippen LogP) is 1.92. The molecule has 132 valence electrons. The maximum absolute atomic E-state index is 12.1. The number of hydrogen-bond acceptors (Lipinski definition) is 3. The monoisotopic (exact) mass is 331 g/mol. The molecule has 0 aromatic heterocycles. The van der Waals surface area contributed by atoms with Gasteiger partial charge in [0, 0.05) is 11.6 Å². The number of nitrogens with zero attached hydrogens (tertiary/aromatic N) is 1. The Bertz CT molecular complexity index is 567. The van der Waals surface area contributed by atoms with Gasteiger partial charge < -0.3 is 15.5 Å². The first kappa shape index (κ1) is 18.5. The van der Waals surface area contributed by atoms with Gasteiger partial charge in [-0.1, -0.05) is 32.9 Å². The van der Waals surface area contributed by atoms with Crippen molar-refractivity contribution in [1.82, 2.24) is 15.5 Å². The summed E-state index contributed by atoms with van der Waals surface area (Å²) >= 11 is 0. The molecule has 0 unspecified atom stereocenters. The van der Waals surface area contributed by atoms with Crippen molar-refractivity contribution in [3.63, 3.8) is 0 Å². The van der Waals surface area contributed by atoms with E-state index >= 15 is 0 Å². The third kappa shape index (κ3) is 5.34. The lowest BCUT2D eigenvalue weighted by Crippen LogP contribution is -2.46. The molecule has 0 spiro atoms. The molecule has 1 saturated heterocycles. The number of carbonyl (C=O) groups is 2. The largest absolute Gasteiger partial charge is 0.352 e. The molecule has 1 aliphatic rings. The summed E-state index contributed by atoms with van der Waals surface area (Å²) in [7, 11) is 2.09. The Morgan fingerprint density at radius 2 is 1.71 bits per heavy atom. The SMILES string of the molecule is CN1CCC(NC(=O)CNC(=O)c2ccc(C(C)(C)C)cc2)CC1. The zero-order chi connectivity index (χ0) is 17.7. The van der Waals surface area contributed by atoms with Crippen molar-refractivity contribution in [1.29, 1.82) is 0 Å². The molecule has 2 N–H and O–H groups in total. The van der Waals surface area contributed by atoms with Crippen molar-refractivity contribution in [2.24, 2.45) is 0 Å². The predicted molar refractivity (Wildman–Crippen MR) is 96.1 cm³/mol. The fourth-order valence-corrected chi connectivity index (χ4v) is 2.82. The number of piperidine rings is 1. The van der Waals surface area contributed by atoms with Crippen molar-refractivity contribution in [3.8, 4) is 0 Å². The molecular formula is C19H29N3O2. The van der Waals surface area contributed by atoms with Crippen LogP contribution in [0.5, 0.6) is 0 Å². The van der Waals surface area contributed by atoms with Gasteiger partial charge in [0.05, 0.1) is 6.54 Å². The second-order valence-corrected chi connectivity index (χ2v) is 7.66. The number of amides is 2. The summed E-state index contributed by atoms with van der Waals surface area (Å²) in [5.74, 6) is -0.335. The second kappa shape index (κ2) is 7.79. The van der Waals surface area contributed by atoms with Crippen LogP contribution in [-0.2, 0) is 10.2 Å². The molecule has 1 aromatic carbocycles. The molecule has 0 aliphatic carbocycles.